The first kappa shape index (κ1) is 20.4. The lowest BCUT2D eigenvalue weighted by molar-refractivity contribution is -0.386. The average molecular weight is 437 g/mol. The number of carbonyl (C=O) groups is 1. The fourth-order valence-corrected chi connectivity index (χ4v) is 3.18. The first-order chi connectivity index (χ1) is 15.0. The van der Waals surface area contributed by atoms with Crippen LogP contribution in [-0.2, 0) is 13.2 Å². The number of carbonyl (C=O) groups excluding carboxylic acids is 1. The summed E-state index contributed by atoms with van der Waals surface area (Å²) >= 11 is 5.96. The summed E-state index contributed by atoms with van der Waals surface area (Å²) in [6.07, 6.45) is 3.54. The third kappa shape index (κ3) is 4.81. The van der Waals surface area contributed by atoms with E-state index in [0.717, 1.165) is 5.56 Å². The van der Waals surface area contributed by atoms with E-state index in [-0.39, 0.29) is 30.2 Å². The van der Waals surface area contributed by atoms with Gasteiger partial charge in [0, 0.05) is 29.0 Å². The van der Waals surface area contributed by atoms with Crippen LogP contribution >= 0.6 is 11.6 Å². The number of hydrogen-bond acceptors (Lipinski definition) is 5. The molecule has 0 saturated carbocycles. The highest BCUT2D eigenvalue weighted by atomic mass is 35.5. The first-order valence-electron chi connectivity index (χ1n) is 9.36. The van der Waals surface area contributed by atoms with Crippen molar-refractivity contribution in [3.05, 3.63) is 105 Å². The second-order valence-corrected chi connectivity index (χ2v) is 7.18. The number of nitrogens with zero attached hydrogens (tertiary/aromatic N) is 3. The standard InChI is InChI=1S/C22H17ClN4O4/c23-17-8-9-26-13-18(25-21(26)11-17)12-24-22(28)16-6-7-20(19(10-16)27(29)30)31-14-15-4-2-1-3-5-15/h1-11,13H,12,14H2,(H,24,28). The molecule has 2 aromatic heterocycles. The minimum Gasteiger partial charge on any atom is -0.482 e. The molecule has 2 heterocycles. The molecule has 31 heavy (non-hydrogen) atoms. The van der Waals surface area contributed by atoms with Gasteiger partial charge in [0.15, 0.2) is 5.75 Å². The van der Waals surface area contributed by atoms with Crippen LogP contribution in [0.25, 0.3) is 5.65 Å². The molecule has 0 fully saturated rings. The van der Waals surface area contributed by atoms with E-state index in [1.54, 1.807) is 28.9 Å². The highest BCUT2D eigenvalue weighted by molar-refractivity contribution is 6.30. The molecule has 0 saturated heterocycles. The van der Waals surface area contributed by atoms with Gasteiger partial charge in [0.25, 0.3) is 5.91 Å². The zero-order chi connectivity index (χ0) is 21.8. The van der Waals surface area contributed by atoms with Crippen LogP contribution in [0.3, 0.4) is 0 Å². The van der Waals surface area contributed by atoms with Crippen LogP contribution in [0, 0.1) is 10.1 Å². The largest absolute Gasteiger partial charge is 0.482 e. The number of halogens is 1. The summed E-state index contributed by atoms with van der Waals surface area (Å²) in [5.41, 5.74) is 2.06. The molecule has 9 heteroatoms. The number of ether oxygens (including phenoxy) is 1. The van der Waals surface area contributed by atoms with Crippen molar-refractivity contribution >= 4 is 28.8 Å². The van der Waals surface area contributed by atoms with E-state index in [4.69, 9.17) is 16.3 Å². The second kappa shape index (κ2) is 8.85. The van der Waals surface area contributed by atoms with Crippen LogP contribution in [0.2, 0.25) is 5.02 Å². The Labute approximate surface area is 182 Å². The number of hydrogen-bond donors (Lipinski definition) is 1. The number of rotatable bonds is 7. The molecule has 0 spiro atoms. The predicted molar refractivity (Wildman–Crippen MR) is 115 cm³/mol. The van der Waals surface area contributed by atoms with Gasteiger partial charge in [-0.1, -0.05) is 41.9 Å². The Hall–Kier alpha value is -3.91. The number of fused-ring (bicyclic) bond motifs is 1. The number of nitro benzene ring substituents is 1. The maximum Gasteiger partial charge on any atom is 0.311 e. The Morgan fingerprint density at radius 1 is 1.16 bits per heavy atom. The molecule has 0 aliphatic rings. The zero-order valence-electron chi connectivity index (χ0n) is 16.2. The molecule has 0 radical (unpaired) electrons. The van der Waals surface area contributed by atoms with Gasteiger partial charge in [-0.15, -0.1) is 0 Å². The lowest BCUT2D eigenvalue weighted by Gasteiger charge is -2.09. The van der Waals surface area contributed by atoms with Crippen LogP contribution < -0.4 is 10.1 Å². The number of aromatic nitrogens is 2. The van der Waals surface area contributed by atoms with Gasteiger partial charge < -0.3 is 14.5 Å². The maximum absolute atomic E-state index is 12.5. The third-order valence-corrected chi connectivity index (χ3v) is 4.79. The lowest BCUT2D eigenvalue weighted by atomic mass is 10.1. The van der Waals surface area contributed by atoms with Crippen molar-refractivity contribution in [1.82, 2.24) is 14.7 Å². The maximum atomic E-state index is 12.5. The predicted octanol–water partition coefficient (Wildman–Crippen LogP) is 4.40. The third-order valence-electron chi connectivity index (χ3n) is 4.56. The summed E-state index contributed by atoms with van der Waals surface area (Å²) in [6, 6.07) is 16.9. The van der Waals surface area contributed by atoms with E-state index in [9.17, 15) is 14.9 Å². The van der Waals surface area contributed by atoms with Crippen molar-refractivity contribution in [2.75, 3.05) is 0 Å². The number of amides is 1. The molecule has 1 amide bonds. The fraction of sp³-hybridized carbons (Fsp3) is 0.0909. The minimum atomic E-state index is -0.567. The molecule has 1 N–H and O–H groups in total. The second-order valence-electron chi connectivity index (χ2n) is 6.74. The van der Waals surface area contributed by atoms with Crippen molar-refractivity contribution in [2.24, 2.45) is 0 Å². The molecule has 0 bridgehead atoms. The number of benzene rings is 2. The summed E-state index contributed by atoms with van der Waals surface area (Å²) in [7, 11) is 0. The molecule has 0 unspecified atom stereocenters. The van der Waals surface area contributed by atoms with Gasteiger partial charge >= 0.3 is 5.69 Å². The summed E-state index contributed by atoms with van der Waals surface area (Å²) < 4.78 is 7.38. The molecule has 0 atom stereocenters. The number of nitro groups is 1. The van der Waals surface area contributed by atoms with Crippen molar-refractivity contribution in [2.45, 2.75) is 13.2 Å². The van der Waals surface area contributed by atoms with E-state index < -0.39 is 10.8 Å². The summed E-state index contributed by atoms with van der Waals surface area (Å²) in [5, 5.41) is 14.8. The molecule has 0 aliphatic carbocycles. The van der Waals surface area contributed by atoms with Crippen LogP contribution in [0.1, 0.15) is 21.6 Å². The van der Waals surface area contributed by atoms with Crippen LogP contribution in [0.5, 0.6) is 5.75 Å². The SMILES string of the molecule is O=C(NCc1cn2ccc(Cl)cc2n1)c1ccc(OCc2ccccc2)c([N+](=O)[O-])c1. The van der Waals surface area contributed by atoms with E-state index in [2.05, 4.69) is 10.3 Å². The van der Waals surface area contributed by atoms with Crippen molar-refractivity contribution in [3.63, 3.8) is 0 Å². The Balaban J connectivity index is 1.45. The van der Waals surface area contributed by atoms with Gasteiger partial charge in [0.05, 0.1) is 17.2 Å². The van der Waals surface area contributed by atoms with E-state index in [1.807, 2.05) is 30.3 Å². The van der Waals surface area contributed by atoms with Crippen molar-refractivity contribution in [3.8, 4) is 5.75 Å². The van der Waals surface area contributed by atoms with E-state index in [0.29, 0.717) is 16.4 Å². The Morgan fingerprint density at radius 3 is 2.74 bits per heavy atom. The van der Waals surface area contributed by atoms with Gasteiger partial charge in [0.2, 0.25) is 0 Å². The van der Waals surface area contributed by atoms with Crippen molar-refractivity contribution < 1.29 is 14.5 Å². The van der Waals surface area contributed by atoms with E-state index >= 15 is 0 Å². The van der Waals surface area contributed by atoms with Crippen molar-refractivity contribution in [1.29, 1.82) is 0 Å². The monoisotopic (exact) mass is 436 g/mol. The summed E-state index contributed by atoms with van der Waals surface area (Å²) in [5.74, 6) is -0.351. The lowest BCUT2D eigenvalue weighted by Crippen LogP contribution is -2.23. The quantitative estimate of drug-likeness (QED) is 0.342. The number of pyridine rings is 1. The van der Waals surface area contributed by atoms with Gasteiger partial charge in [-0.05, 0) is 29.8 Å². The van der Waals surface area contributed by atoms with E-state index in [1.165, 1.54) is 18.2 Å². The van der Waals surface area contributed by atoms with Gasteiger partial charge in [-0.3, -0.25) is 14.9 Å². The molecular weight excluding hydrogens is 420 g/mol. The molecule has 2 aromatic carbocycles. The topological polar surface area (TPSA) is 98.8 Å². The normalized spacial score (nSPS) is 10.7. The Kier molecular flexibility index (Phi) is 5.81. The van der Waals surface area contributed by atoms with Crippen LogP contribution in [-0.4, -0.2) is 20.2 Å². The fourth-order valence-electron chi connectivity index (χ4n) is 3.03. The molecule has 8 nitrogen and oxygen atoms in total. The highest BCUT2D eigenvalue weighted by Gasteiger charge is 2.19. The van der Waals surface area contributed by atoms with Crippen LogP contribution in [0.4, 0.5) is 5.69 Å². The Bertz CT molecular complexity index is 1260. The Morgan fingerprint density at radius 2 is 1.97 bits per heavy atom. The summed E-state index contributed by atoms with van der Waals surface area (Å²) in [4.78, 5) is 27.8. The zero-order valence-corrected chi connectivity index (χ0v) is 17.0. The van der Waals surface area contributed by atoms with Gasteiger partial charge in [-0.2, -0.15) is 0 Å². The average Bonchev–Trinajstić information content (AvgIpc) is 3.18. The first-order valence-corrected chi connectivity index (χ1v) is 9.74. The summed E-state index contributed by atoms with van der Waals surface area (Å²) in [6.45, 7) is 0.351. The molecular formula is C22H17ClN4O4. The highest BCUT2D eigenvalue weighted by Crippen LogP contribution is 2.29. The molecule has 4 aromatic rings. The number of imidazole rings is 1. The molecule has 0 aliphatic heterocycles. The molecule has 4 rings (SSSR count). The smallest absolute Gasteiger partial charge is 0.311 e. The van der Waals surface area contributed by atoms with Gasteiger partial charge in [-0.25, -0.2) is 4.98 Å². The van der Waals surface area contributed by atoms with Gasteiger partial charge in [0.1, 0.15) is 12.3 Å². The number of nitrogens with one attached hydrogen (secondary N) is 1. The van der Waals surface area contributed by atoms with Crippen LogP contribution in [0.15, 0.2) is 73.1 Å². The minimum absolute atomic E-state index is 0.0997. The molecule has 156 valence electrons.